The van der Waals surface area contributed by atoms with E-state index in [1.807, 2.05) is 24.3 Å². The summed E-state index contributed by atoms with van der Waals surface area (Å²) in [5, 5.41) is 18.2. The average Bonchev–Trinajstić information content (AvgIpc) is 2.49. The highest BCUT2D eigenvalue weighted by molar-refractivity contribution is 5.30. The van der Waals surface area contributed by atoms with Crippen LogP contribution in [-0.4, -0.2) is 10.2 Å². The molecule has 0 bridgehead atoms. The minimum absolute atomic E-state index is 0.159. The Kier molecular flexibility index (Phi) is 7.54. The zero-order valence-electron chi connectivity index (χ0n) is 16.6. The summed E-state index contributed by atoms with van der Waals surface area (Å²) in [6, 6.07) is 14.9. The largest absolute Gasteiger partial charge is 0.508 e. The molecule has 2 nitrogen and oxygen atoms in total. The molecule has 0 saturated carbocycles. The Bertz CT molecular complexity index is 617. The van der Waals surface area contributed by atoms with Crippen LogP contribution in [0.25, 0.3) is 0 Å². The lowest BCUT2D eigenvalue weighted by molar-refractivity contribution is 0.284. The Labute approximate surface area is 153 Å². The highest BCUT2D eigenvalue weighted by Gasteiger charge is 2.26. The summed E-state index contributed by atoms with van der Waals surface area (Å²) in [6.07, 6.45) is 3.38. The zero-order chi connectivity index (χ0) is 19.1. The van der Waals surface area contributed by atoms with E-state index in [1.54, 1.807) is 24.3 Å². The van der Waals surface area contributed by atoms with Crippen LogP contribution in [0, 0.1) is 5.41 Å². The summed E-state index contributed by atoms with van der Waals surface area (Å²) >= 11 is 0. The number of aryl methyl sites for hydroxylation is 1. The number of hydrogen-bond acceptors (Lipinski definition) is 2. The van der Waals surface area contributed by atoms with Crippen LogP contribution in [-0.2, 0) is 11.8 Å². The molecular weight excluding hydrogens is 308 g/mol. The summed E-state index contributed by atoms with van der Waals surface area (Å²) in [5.74, 6) is 0.685. The number of phenolic OH excluding ortho intramolecular Hbond substituents is 2. The summed E-state index contributed by atoms with van der Waals surface area (Å²) in [6.45, 7) is 13.4. The first-order valence-corrected chi connectivity index (χ1v) is 9.11. The van der Waals surface area contributed by atoms with Gasteiger partial charge in [-0.3, -0.25) is 0 Å². The van der Waals surface area contributed by atoms with Gasteiger partial charge in [0, 0.05) is 0 Å². The molecular formula is C23H34O2. The number of rotatable bonds is 4. The lowest BCUT2D eigenvalue weighted by Crippen LogP contribution is -2.24. The molecule has 138 valence electrons. The first-order chi connectivity index (χ1) is 11.5. The molecule has 0 heterocycles. The molecule has 0 unspecified atom stereocenters. The predicted octanol–water partition coefficient (Wildman–Crippen LogP) is 6.45. The minimum Gasteiger partial charge on any atom is -0.508 e. The Morgan fingerprint density at radius 2 is 1.16 bits per heavy atom. The van der Waals surface area contributed by atoms with E-state index in [4.69, 9.17) is 5.11 Å². The van der Waals surface area contributed by atoms with E-state index < -0.39 is 0 Å². The third-order valence-corrected chi connectivity index (χ3v) is 4.10. The van der Waals surface area contributed by atoms with E-state index in [2.05, 4.69) is 41.5 Å². The number of benzene rings is 2. The molecule has 0 saturated heterocycles. The maximum atomic E-state index is 9.25. The molecule has 0 aliphatic carbocycles. The Balaban J connectivity index is 0.000000271. The summed E-state index contributed by atoms with van der Waals surface area (Å²) in [7, 11) is 0. The van der Waals surface area contributed by atoms with E-state index in [-0.39, 0.29) is 5.41 Å². The van der Waals surface area contributed by atoms with Gasteiger partial charge in [0.1, 0.15) is 11.5 Å². The van der Waals surface area contributed by atoms with Crippen LogP contribution in [0.3, 0.4) is 0 Å². The fourth-order valence-corrected chi connectivity index (χ4v) is 3.29. The van der Waals surface area contributed by atoms with Gasteiger partial charge in [0.25, 0.3) is 0 Å². The first kappa shape index (κ1) is 21.1. The topological polar surface area (TPSA) is 40.5 Å². The van der Waals surface area contributed by atoms with Crippen molar-refractivity contribution in [3.63, 3.8) is 0 Å². The van der Waals surface area contributed by atoms with Gasteiger partial charge in [-0.1, -0.05) is 72.2 Å². The molecule has 0 fully saturated rings. The molecule has 0 aliphatic heterocycles. The van der Waals surface area contributed by atoms with E-state index in [0.717, 1.165) is 19.3 Å². The van der Waals surface area contributed by atoms with Crippen molar-refractivity contribution < 1.29 is 10.2 Å². The van der Waals surface area contributed by atoms with Crippen molar-refractivity contribution in [2.45, 2.75) is 66.2 Å². The summed E-state index contributed by atoms with van der Waals surface area (Å²) in [4.78, 5) is 0. The molecule has 2 aromatic rings. The van der Waals surface area contributed by atoms with Gasteiger partial charge >= 0.3 is 0 Å². The van der Waals surface area contributed by atoms with Gasteiger partial charge in [0.2, 0.25) is 0 Å². The normalized spacial score (nSPS) is 11.6. The predicted molar refractivity (Wildman–Crippen MR) is 107 cm³/mol. The van der Waals surface area contributed by atoms with Crippen LogP contribution in [0.15, 0.2) is 48.5 Å². The summed E-state index contributed by atoms with van der Waals surface area (Å²) in [5.41, 5.74) is 3.06. The van der Waals surface area contributed by atoms with Gasteiger partial charge in [-0.25, -0.2) is 0 Å². The number of aromatic hydroxyl groups is 2. The van der Waals surface area contributed by atoms with Crippen LogP contribution in [0.2, 0.25) is 0 Å². The van der Waals surface area contributed by atoms with E-state index in [0.29, 0.717) is 16.9 Å². The summed E-state index contributed by atoms with van der Waals surface area (Å²) < 4.78 is 0. The molecule has 0 spiro atoms. The molecule has 0 aromatic heterocycles. The number of hydrogen-bond donors (Lipinski definition) is 2. The van der Waals surface area contributed by atoms with Crippen molar-refractivity contribution in [3.8, 4) is 11.5 Å². The van der Waals surface area contributed by atoms with Crippen LogP contribution in [0.1, 0.15) is 65.5 Å². The van der Waals surface area contributed by atoms with Gasteiger partial charge in [0.05, 0.1) is 0 Å². The van der Waals surface area contributed by atoms with Crippen LogP contribution in [0.4, 0.5) is 0 Å². The van der Waals surface area contributed by atoms with Gasteiger partial charge in [-0.05, 0) is 59.1 Å². The standard InChI is InChI=1S/C14H22O.C9H12O/c1-13(2,3)10-14(4,5)11-6-8-12(15)9-7-11;1-2-3-8-4-6-9(10)7-5-8/h6-9,15H,10H2,1-5H3;4-7,10H,2-3H2,1H3. The van der Waals surface area contributed by atoms with Crippen molar-refractivity contribution in [1.29, 1.82) is 0 Å². The van der Waals surface area contributed by atoms with Crippen LogP contribution in [0.5, 0.6) is 11.5 Å². The second kappa shape index (κ2) is 8.94. The molecule has 2 rings (SSSR count). The monoisotopic (exact) mass is 342 g/mol. The van der Waals surface area contributed by atoms with Gasteiger partial charge in [-0.15, -0.1) is 0 Å². The molecule has 2 N–H and O–H groups in total. The highest BCUT2D eigenvalue weighted by Crippen LogP contribution is 2.36. The maximum absolute atomic E-state index is 9.25. The quantitative estimate of drug-likeness (QED) is 0.670. The van der Waals surface area contributed by atoms with Crippen molar-refractivity contribution >= 4 is 0 Å². The van der Waals surface area contributed by atoms with Crippen molar-refractivity contribution in [1.82, 2.24) is 0 Å². The molecule has 0 radical (unpaired) electrons. The molecule has 0 aliphatic rings. The lowest BCUT2D eigenvalue weighted by Gasteiger charge is -2.33. The molecule has 2 aromatic carbocycles. The van der Waals surface area contributed by atoms with Gasteiger partial charge in [-0.2, -0.15) is 0 Å². The second-order valence-electron chi connectivity index (χ2n) is 8.58. The minimum atomic E-state index is 0.159. The van der Waals surface area contributed by atoms with Crippen molar-refractivity contribution in [2.75, 3.05) is 0 Å². The van der Waals surface area contributed by atoms with Crippen LogP contribution >= 0.6 is 0 Å². The van der Waals surface area contributed by atoms with Crippen molar-refractivity contribution in [2.24, 2.45) is 5.41 Å². The number of phenols is 2. The molecule has 0 atom stereocenters. The zero-order valence-corrected chi connectivity index (χ0v) is 16.6. The molecule has 0 amide bonds. The fourth-order valence-electron chi connectivity index (χ4n) is 3.29. The Morgan fingerprint density at radius 3 is 1.56 bits per heavy atom. The highest BCUT2D eigenvalue weighted by atomic mass is 16.3. The van der Waals surface area contributed by atoms with Crippen LogP contribution < -0.4 is 0 Å². The SMILES string of the molecule is CC(C)(C)CC(C)(C)c1ccc(O)cc1.CCCc1ccc(O)cc1. The van der Waals surface area contributed by atoms with E-state index in [1.165, 1.54) is 11.1 Å². The Morgan fingerprint density at radius 1 is 0.720 bits per heavy atom. The van der Waals surface area contributed by atoms with Crippen molar-refractivity contribution in [3.05, 3.63) is 59.7 Å². The fraction of sp³-hybridized carbons (Fsp3) is 0.478. The Hall–Kier alpha value is -1.96. The molecule has 25 heavy (non-hydrogen) atoms. The second-order valence-corrected chi connectivity index (χ2v) is 8.58. The maximum Gasteiger partial charge on any atom is 0.115 e. The first-order valence-electron chi connectivity index (χ1n) is 9.11. The third kappa shape index (κ3) is 8.11. The smallest absolute Gasteiger partial charge is 0.115 e. The third-order valence-electron chi connectivity index (χ3n) is 4.10. The van der Waals surface area contributed by atoms with E-state index in [9.17, 15) is 5.11 Å². The lowest BCUT2D eigenvalue weighted by atomic mass is 9.72. The van der Waals surface area contributed by atoms with E-state index >= 15 is 0 Å². The average molecular weight is 343 g/mol. The van der Waals surface area contributed by atoms with Gasteiger partial charge < -0.3 is 10.2 Å². The molecule has 2 heteroatoms. The van der Waals surface area contributed by atoms with Gasteiger partial charge in [0.15, 0.2) is 0 Å².